The van der Waals surface area contributed by atoms with E-state index in [-0.39, 0.29) is 23.6 Å². The summed E-state index contributed by atoms with van der Waals surface area (Å²) >= 11 is 7.18. The summed E-state index contributed by atoms with van der Waals surface area (Å²) in [5, 5.41) is 11.8. The van der Waals surface area contributed by atoms with Crippen molar-refractivity contribution in [3.63, 3.8) is 0 Å². The van der Waals surface area contributed by atoms with Crippen molar-refractivity contribution in [1.29, 1.82) is 0 Å². The number of carbonyl (C=O) groups is 4. The number of hydrogen-bond acceptors (Lipinski definition) is 8. The normalized spacial score (nSPS) is 20.1. The Morgan fingerprint density at radius 1 is 1.34 bits per heavy atom. The molecule has 2 atom stereocenters. The number of benzene rings is 1. The highest BCUT2D eigenvalue weighted by Crippen LogP contribution is 2.40. The SMILES string of the molecule is CC(=O)OCC1=C(C(=O)O)N2C(=O)C(NC(=O)Cn3c(=O)oc4ccc(Cl)cc43)[C@H]2SC1. The summed E-state index contributed by atoms with van der Waals surface area (Å²) in [6, 6.07) is 3.57. The summed E-state index contributed by atoms with van der Waals surface area (Å²) in [6.45, 7) is 0.547. The van der Waals surface area contributed by atoms with Crippen LogP contribution < -0.4 is 11.1 Å². The first-order valence-corrected chi connectivity index (χ1v) is 10.7. The number of thioether (sulfide) groups is 1. The lowest BCUT2D eigenvalue weighted by Crippen LogP contribution is -2.70. The highest BCUT2D eigenvalue weighted by Gasteiger charge is 2.54. The number of esters is 1. The molecule has 4 rings (SSSR count). The molecule has 1 aromatic heterocycles. The second-order valence-corrected chi connectivity index (χ2v) is 8.60. The average Bonchev–Trinajstić information content (AvgIpc) is 3.03. The Bertz CT molecular complexity index is 1250. The lowest BCUT2D eigenvalue weighted by molar-refractivity contribution is -0.151. The van der Waals surface area contributed by atoms with Crippen LogP contribution >= 0.6 is 23.4 Å². The van der Waals surface area contributed by atoms with E-state index in [1.165, 1.54) is 30.8 Å². The molecule has 1 fully saturated rings. The molecular formula is C19H16ClN3O8S. The maximum atomic E-state index is 12.6. The summed E-state index contributed by atoms with van der Waals surface area (Å²) in [4.78, 5) is 61.1. The van der Waals surface area contributed by atoms with E-state index < -0.39 is 47.5 Å². The molecule has 0 radical (unpaired) electrons. The summed E-state index contributed by atoms with van der Waals surface area (Å²) in [5.41, 5.74) is 0.632. The van der Waals surface area contributed by atoms with Crippen LogP contribution in [0.25, 0.3) is 11.1 Å². The Morgan fingerprint density at radius 3 is 2.78 bits per heavy atom. The Kier molecular flexibility index (Phi) is 5.73. The quantitative estimate of drug-likeness (QED) is 0.445. The third-order valence-corrected chi connectivity index (χ3v) is 6.52. The summed E-state index contributed by atoms with van der Waals surface area (Å²) < 4.78 is 11.0. The Morgan fingerprint density at radius 2 is 2.09 bits per heavy atom. The van der Waals surface area contributed by atoms with E-state index in [0.717, 1.165) is 9.47 Å². The van der Waals surface area contributed by atoms with Crippen molar-refractivity contribution < 1.29 is 33.4 Å². The lowest BCUT2D eigenvalue weighted by atomic mass is 10.0. The van der Waals surface area contributed by atoms with Gasteiger partial charge in [0, 0.05) is 23.3 Å². The number of β-lactam (4-membered cyclic amide) rings is 1. The molecular weight excluding hydrogens is 466 g/mol. The number of nitrogens with zero attached hydrogens (tertiary/aromatic N) is 2. The number of hydrogen-bond donors (Lipinski definition) is 2. The van der Waals surface area contributed by atoms with Gasteiger partial charge >= 0.3 is 17.7 Å². The summed E-state index contributed by atoms with van der Waals surface area (Å²) in [5.74, 6) is -3.68. The number of ether oxygens (including phenoxy) is 1. The fourth-order valence-corrected chi connectivity index (χ4v) is 5.02. The van der Waals surface area contributed by atoms with E-state index in [0.29, 0.717) is 16.1 Å². The van der Waals surface area contributed by atoms with Crippen molar-refractivity contribution in [2.75, 3.05) is 12.4 Å². The van der Waals surface area contributed by atoms with E-state index >= 15 is 0 Å². The number of carboxylic acids is 1. The first kappa shape index (κ1) is 22.0. The molecule has 11 nitrogen and oxygen atoms in total. The van der Waals surface area contributed by atoms with Crippen LogP contribution in [0.2, 0.25) is 5.02 Å². The van der Waals surface area contributed by atoms with Crippen molar-refractivity contribution in [2.24, 2.45) is 0 Å². The number of oxazole rings is 1. The first-order valence-electron chi connectivity index (χ1n) is 9.29. The smallest absolute Gasteiger partial charge is 0.420 e. The summed E-state index contributed by atoms with van der Waals surface area (Å²) in [7, 11) is 0. The van der Waals surface area contributed by atoms with E-state index in [1.54, 1.807) is 6.07 Å². The van der Waals surface area contributed by atoms with E-state index in [1.807, 2.05) is 0 Å². The van der Waals surface area contributed by atoms with Gasteiger partial charge in [0.2, 0.25) is 5.91 Å². The number of fused-ring (bicyclic) bond motifs is 2. The van der Waals surface area contributed by atoms with Gasteiger partial charge in [0.25, 0.3) is 5.91 Å². The lowest BCUT2D eigenvalue weighted by Gasteiger charge is -2.49. The highest BCUT2D eigenvalue weighted by atomic mass is 35.5. The number of nitrogens with one attached hydrogen (secondary N) is 1. The van der Waals surface area contributed by atoms with Gasteiger partial charge in [0.15, 0.2) is 5.58 Å². The standard InChI is InChI=1S/C19H16ClN3O8S/c1-8(24)30-6-9-7-32-17-14(16(26)23(17)15(9)18(27)28)21-13(25)5-22-11-4-10(20)2-3-12(11)31-19(22)29/h2-4,14,17H,5-7H2,1H3,(H,21,25)(H,27,28)/t14?,17-/m1/s1. The van der Waals surface area contributed by atoms with E-state index in [2.05, 4.69) is 5.32 Å². The molecule has 0 aliphatic carbocycles. The van der Waals surface area contributed by atoms with Crippen molar-refractivity contribution in [2.45, 2.75) is 24.9 Å². The van der Waals surface area contributed by atoms with Gasteiger partial charge < -0.3 is 19.6 Å². The van der Waals surface area contributed by atoms with Crippen LogP contribution in [0.1, 0.15) is 6.92 Å². The van der Waals surface area contributed by atoms with Gasteiger partial charge in [0.05, 0.1) is 5.52 Å². The van der Waals surface area contributed by atoms with Gasteiger partial charge in [-0.25, -0.2) is 9.59 Å². The van der Waals surface area contributed by atoms with Gasteiger partial charge in [0.1, 0.15) is 30.3 Å². The van der Waals surface area contributed by atoms with Crippen LogP contribution in [0.5, 0.6) is 0 Å². The van der Waals surface area contributed by atoms with Crippen LogP contribution in [0.15, 0.2) is 38.7 Å². The molecule has 2 aliphatic heterocycles. The Labute approximate surface area is 188 Å². The van der Waals surface area contributed by atoms with E-state index in [9.17, 15) is 29.1 Å². The molecule has 13 heteroatoms. The zero-order chi connectivity index (χ0) is 23.2. The topological polar surface area (TPSA) is 148 Å². The minimum absolute atomic E-state index is 0.208. The van der Waals surface area contributed by atoms with Crippen LogP contribution in [0.3, 0.4) is 0 Å². The number of carbonyl (C=O) groups excluding carboxylic acids is 3. The minimum atomic E-state index is -1.33. The molecule has 0 bridgehead atoms. The van der Waals surface area contributed by atoms with Gasteiger partial charge in [-0.2, -0.15) is 0 Å². The number of aromatic nitrogens is 1. The third-order valence-electron chi connectivity index (χ3n) is 4.95. The fraction of sp³-hybridized carbons (Fsp3) is 0.316. The molecule has 2 aliphatic rings. The molecule has 3 heterocycles. The van der Waals surface area contributed by atoms with Crippen molar-refractivity contribution in [3.8, 4) is 0 Å². The number of aliphatic carboxylic acids is 1. The van der Waals surface area contributed by atoms with Crippen LogP contribution in [0, 0.1) is 0 Å². The molecule has 2 N–H and O–H groups in total. The van der Waals surface area contributed by atoms with Gasteiger partial charge in [-0.15, -0.1) is 11.8 Å². The molecule has 0 spiro atoms. The average molecular weight is 482 g/mol. The number of amides is 2. The predicted molar refractivity (Wildman–Crippen MR) is 112 cm³/mol. The molecule has 2 aromatic rings. The molecule has 32 heavy (non-hydrogen) atoms. The second-order valence-electron chi connectivity index (χ2n) is 7.06. The second kappa shape index (κ2) is 8.36. The summed E-state index contributed by atoms with van der Waals surface area (Å²) in [6.07, 6.45) is 0. The Hall–Kier alpha value is -3.25. The van der Waals surface area contributed by atoms with Crippen LogP contribution in [0.4, 0.5) is 0 Å². The number of rotatable bonds is 6. The van der Waals surface area contributed by atoms with Gasteiger partial charge in [-0.1, -0.05) is 11.6 Å². The maximum absolute atomic E-state index is 12.6. The van der Waals surface area contributed by atoms with Crippen molar-refractivity contribution in [1.82, 2.24) is 14.8 Å². The minimum Gasteiger partial charge on any atom is -0.477 e. The largest absolute Gasteiger partial charge is 0.477 e. The molecule has 2 amide bonds. The third kappa shape index (κ3) is 3.86. The predicted octanol–water partition coefficient (Wildman–Crippen LogP) is 0.550. The number of halogens is 1. The fourth-order valence-electron chi connectivity index (χ4n) is 3.53. The zero-order valence-electron chi connectivity index (χ0n) is 16.5. The van der Waals surface area contributed by atoms with E-state index in [4.69, 9.17) is 20.8 Å². The molecule has 168 valence electrons. The molecule has 0 saturated carbocycles. The zero-order valence-corrected chi connectivity index (χ0v) is 18.1. The molecule has 1 aromatic carbocycles. The van der Waals surface area contributed by atoms with Crippen LogP contribution in [-0.4, -0.2) is 62.1 Å². The van der Waals surface area contributed by atoms with Crippen LogP contribution in [-0.2, 0) is 30.5 Å². The molecule has 1 unspecified atom stereocenters. The van der Waals surface area contributed by atoms with Crippen molar-refractivity contribution >= 4 is 58.2 Å². The maximum Gasteiger partial charge on any atom is 0.420 e. The number of carboxylic acid groups (broad SMARTS) is 1. The monoisotopic (exact) mass is 481 g/mol. The highest BCUT2D eigenvalue weighted by molar-refractivity contribution is 8.00. The Balaban J connectivity index is 1.49. The van der Waals surface area contributed by atoms with Gasteiger partial charge in [-0.3, -0.25) is 23.9 Å². The van der Waals surface area contributed by atoms with Gasteiger partial charge in [-0.05, 0) is 18.2 Å². The molecule has 1 saturated heterocycles. The first-order chi connectivity index (χ1) is 15.2. The van der Waals surface area contributed by atoms with Crippen molar-refractivity contribution in [3.05, 3.63) is 45.0 Å².